The van der Waals surface area contributed by atoms with E-state index in [1.165, 1.54) is 6.07 Å². The lowest BCUT2D eigenvalue weighted by atomic mass is 9.95. The first-order valence-corrected chi connectivity index (χ1v) is 8.49. The molecule has 0 atom stereocenters. The largest absolute Gasteiger partial charge is 0.417 e. The van der Waals surface area contributed by atoms with Crippen LogP contribution in [0.3, 0.4) is 0 Å². The molecular formula is C19H20F3N3O. The third kappa shape index (κ3) is 4.15. The maximum Gasteiger partial charge on any atom is 0.417 e. The number of hydrogen-bond acceptors (Lipinski definition) is 3. The summed E-state index contributed by atoms with van der Waals surface area (Å²) in [5, 5.41) is 2.96. The third-order valence-electron chi connectivity index (χ3n) is 4.67. The molecule has 4 nitrogen and oxygen atoms in total. The second kappa shape index (κ2) is 7.35. The lowest BCUT2D eigenvalue weighted by molar-refractivity contribution is -0.137. The second-order valence-corrected chi connectivity index (χ2v) is 6.47. The Bertz CT molecular complexity index is 766. The van der Waals surface area contributed by atoms with Gasteiger partial charge in [0, 0.05) is 30.9 Å². The van der Waals surface area contributed by atoms with Gasteiger partial charge in [-0.15, -0.1) is 0 Å². The summed E-state index contributed by atoms with van der Waals surface area (Å²) in [6.07, 6.45) is -2.25. The van der Waals surface area contributed by atoms with Crippen molar-refractivity contribution < 1.29 is 18.0 Å². The zero-order chi connectivity index (χ0) is 18.7. The first kappa shape index (κ1) is 18.2. The minimum Gasteiger partial charge on any atom is -0.357 e. The number of aromatic nitrogens is 1. The van der Waals surface area contributed by atoms with Gasteiger partial charge >= 0.3 is 6.18 Å². The number of anilines is 2. The number of piperidine rings is 1. The van der Waals surface area contributed by atoms with Crippen LogP contribution in [0.2, 0.25) is 0 Å². The summed E-state index contributed by atoms with van der Waals surface area (Å²) in [6, 6.07) is 10.0. The number of benzene rings is 1. The molecule has 7 heteroatoms. The quantitative estimate of drug-likeness (QED) is 0.886. The number of para-hydroxylation sites is 1. The Kier molecular flexibility index (Phi) is 5.15. The number of rotatable bonds is 3. The van der Waals surface area contributed by atoms with Crippen molar-refractivity contribution in [2.75, 3.05) is 23.3 Å². The predicted octanol–water partition coefficient (Wildman–Crippen LogP) is 4.26. The van der Waals surface area contributed by atoms with Crippen LogP contribution in [0.1, 0.15) is 24.0 Å². The number of amides is 1. The van der Waals surface area contributed by atoms with Gasteiger partial charge in [-0.1, -0.05) is 18.2 Å². The molecule has 0 radical (unpaired) electrons. The van der Waals surface area contributed by atoms with E-state index in [0.29, 0.717) is 31.7 Å². The van der Waals surface area contributed by atoms with Crippen LogP contribution in [0.5, 0.6) is 0 Å². The molecule has 1 aromatic carbocycles. The van der Waals surface area contributed by atoms with E-state index in [4.69, 9.17) is 0 Å². The number of pyridine rings is 1. The average Bonchev–Trinajstić information content (AvgIpc) is 2.63. The van der Waals surface area contributed by atoms with Crippen molar-refractivity contribution in [3.8, 4) is 0 Å². The summed E-state index contributed by atoms with van der Waals surface area (Å²) in [6.45, 7) is 3.11. The summed E-state index contributed by atoms with van der Waals surface area (Å²) in [7, 11) is 0. The van der Waals surface area contributed by atoms with E-state index in [1.807, 2.05) is 36.1 Å². The molecule has 1 aliphatic rings. The SMILES string of the molecule is Cc1ccccc1NC(=O)C1CCN(c2ccc(C(F)(F)F)cn2)CC1. The van der Waals surface area contributed by atoms with E-state index in [-0.39, 0.29) is 11.8 Å². The molecule has 1 aromatic heterocycles. The van der Waals surface area contributed by atoms with Crippen LogP contribution in [0.25, 0.3) is 0 Å². The molecule has 1 N–H and O–H groups in total. The minimum atomic E-state index is -4.38. The van der Waals surface area contributed by atoms with Crippen LogP contribution in [0, 0.1) is 12.8 Å². The first-order valence-electron chi connectivity index (χ1n) is 8.49. The highest BCUT2D eigenvalue weighted by Crippen LogP contribution is 2.30. The van der Waals surface area contributed by atoms with Crippen molar-refractivity contribution in [1.82, 2.24) is 4.98 Å². The smallest absolute Gasteiger partial charge is 0.357 e. The molecule has 26 heavy (non-hydrogen) atoms. The van der Waals surface area contributed by atoms with Gasteiger partial charge in [-0.25, -0.2) is 4.98 Å². The molecule has 0 aliphatic carbocycles. The van der Waals surface area contributed by atoms with E-state index in [2.05, 4.69) is 10.3 Å². The number of nitrogens with one attached hydrogen (secondary N) is 1. The Hall–Kier alpha value is -2.57. The van der Waals surface area contributed by atoms with Crippen LogP contribution >= 0.6 is 0 Å². The summed E-state index contributed by atoms with van der Waals surface area (Å²) in [5.74, 6) is 0.385. The maximum atomic E-state index is 12.6. The molecule has 0 bridgehead atoms. The number of carbonyl (C=O) groups is 1. The number of hydrogen-bond donors (Lipinski definition) is 1. The molecular weight excluding hydrogens is 343 g/mol. The lowest BCUT2D eigenvalue weighted by Gasteiger charge is -2.32. The van der Waals surface area contributed by atoms with E-state index in [0.717, 1.165) is 23.5 Å². The fraction of sp³-hybridized carbons (Fsp3) is 0.368. The molecule has 1 fully saturated rings. The topological polar surface area (TPSA) is 45.2 Å². The fourth-order valence-corrected chi connectivity index (χ4v) is 3.06. The number of aryl methyl sites for hydroxylation is 1. The average molecular weight is 363 g/mol. The Morgan fingerprint density at radius 2 is 1.85 bits per heavy atom. The number of carbonyl (C=O) groups excluding carboxylic acids is 1. The molecule has 3 rings (SSSR count). The molecule has 0 saturated carbocycles. The van der Waals surface area contributed by atoms with E-state index in [9.17, 15) is 18.0 Å². The summed E-state index contributed by atoms with van der Waals surface area (Å²) < 4.78 is 37.8. The van der Waals surface area contributed by atoms with Gasteiger partial charge in [-0.05, 0) is 43.5 Å². The van der Waals surface area contributed by atoms with Crippen LogP contribution in [-0.2, 0) is 11.0 Å². The second-order valence-electron chi connectivity index (χ2n) is 6.47. The van der Waals surface area contributed by atoms with Crippen molar-refractivity contribution in [1.29, 1.82) is 0 Å². The minimum absolute atomic E-state index is 0.0145. The van der Waals surface area contributed by atoms with E-state index >= 15 is 0 Å². The van der Waals surface area contributed by atoms with E-state index < -0.39 is 11.7 Å². The molecule has 138 valence electrons. The number of nitrogens with zero attached hydrogens (tertiary/aromatic N) is 2. The third-order valence-corrected chi connectivity index (χ3v) is 4.67. The molecule has 2 heterocycles. The Balaban J connectivity index is 1.57. The highest BCUT2D eigenvalue weighted by molar-refractivity contribution is 5.93. The molecule has 0 spiro atoms. The van der Waals surface area contributed by atoms with Gasteiger partial charge in [0.2, 0.25) is 5.91 Å². The highest BCUT2D eigenvalue weighted by Gasteiger charge is 2.31. The van der Waals surface area contributed by atoms with Crippen molar-refractivity contribution in [3.63, 3.8) is 0 Å². The summed E-state index contributed by atoms with van der Waals surface area (Å²) in [4.78, 5) is 18.3. The molecule has 1 saturated heterocycles. The van der Waals surface area contributed by atoms with Crippen LogP contribution < -0.4 is 10.2 Å². The Labute approximate surface area is 150 Å². The van der Waals surface area contributed by atoms with Gasteiger partial charge in [0.25, 0.3) is 0 Å². The van der Waals surface area contributed by atoms with Gasteiger partial charge in [0.15, 0.2) is 0 Å². The van der Waals surface area contributed by atoms with Crippen LogP contribution in [0.15, 0.2) is 42.6 Å². The van der Waals surface area contributed by atoms with Crippen molar-refractivity contribution in [2.45, 2.75) is 25.9 Å². The van der Waals surface area contributed by atoms with Gasteiger partial charge < -0.3 is 10.2 Å². The fourth-order valence-electron chi connectivity index (χ4n) is 3.06. The zero-order valence-electron chi connectivity index (χ0n) is 14.4. The molecule has 2 aromatic rings. The van der Waals surface area contributed by atoms with Gasteiger partial charge in [-0.2, -0.15) is 13.2 Å². The van der Waals surface area contributed by atoms with Crippen molar-refractivity contribution in [2.24, 2.45) is 5.92 Å². The van der Waals surface area contributed by atoms with E-state index in [1.54, 1.807) is 0 Å². The number of alkyl halides is 3. The van der Waals surface area contributed by atoms with Crippen LogP contribution in [-0.4, -0.2) is 24.0 Å². The van der Waals surface area contributed by atoms with Crippen LogP contribution in [0.4, 0.5) is 24.7 Å². The summed E-state index contributed by atoms with van der Waals surface area (Å²) >= 11 is 0. The Morgan fingerprint density at radius 3 is 2.42 bits per heavy atom. The highest BCUT2D eigenvalue weighted by atomic mass is 19.4. The van der Waals surface area contributed by atoms with Gasteiger partial charge in [0.05, 0.1) is 5.56 Å². The maximum absolute atomic E-state index is 12.6. The summed E-state index contributed by atoms with van der Waals surface area (Å²) in [5.41, 5.74) is 1.06. The molecule has 1 amide bonds. The first-order chi connectivity index (χ1) is 12.3. The lowest BCUT2D eigenvalue weighted by Crippen LogP contribution is -2.38. The Morgan fingerprint density at radius 1 is 1.15 bits per heavy atom. The number of halogens is 3. The molecule has 1 aliphatic heterocycles. The monoisotopic (exact) mass is 363 g/mol. The van der Waals surface area contributed by atoms with Crippen molar-refractivity contribution >= 4 is 17.4 Å². The molecule has 0 unspecified atom stereocenters. The standard InChI is InChI=1S/C19H20F3N3O/c1-13-4-2-3-5-16(13)24-18(26)14-8-10-25(11-9-14)17-7-6-15(12-23-17)19(20,21)22/h2-7,12,14H,8-11H2,1H3,(H,24,26). The predicted molar refractivity (Wildman–Crippen MR) is 94.0 cm³/mol. The van der Waals surface area contributed by atoms with Gasteiger partial charge in [0.1, 0.15) is 5.82 Å². The van der Waals surface area contributed by atoms with Crippen molar-refractivity contribution in [3.05, 3.63) is 53.7 Å². The zero-order valence-corrected chi connectivity index (χ0v) is 14.4. The normalized spacial score (nSPS) is 15.8. The van der Waals surface area contributed by atoms with Gasteiger partial charge in [-0.3, -0.25) is 4.79 Å².